The van der Waals surface area contributed by atoms with Gasteiger partial charge in [-0.15, -0.1) is 0 Å². The summed E-state index contributed by atoms with van der Waals surface area (Å²) >= 11 is 0. The van der Waals surface area contributed by atoms with E-state index in [1.54, 1.807) is 0 Å². The largest absolute Gasteiger partial charge is 0.491 e. The molecular weight excluding hydrogens is 342 g/mol. The quantitative estimate of drug-likeness (QED) is 0.323. The van der Waals surface area contributed by atoms with Crippen molar-refractivity contribution in [3.05, 3.63) is 22.8 Å². The van der Waals surface area contributed by atoms with Gasteiger partial charge in [-0.05, 0) is 49.9 Å². The highest BCUT2D eigenvalue weighted by Gasteiger charge is 2.16. The Morgan fingerprint density at radius 3 is 2.48 bits per heavy atom. The van der Waals surface area contributed by atoms with Crippen molar-refractivity contribution in [2.24, 2.45) is 0 Å². The number of carbonyl (C=O) groups excluding carboxylic acids is 1. The van der Waals surface area contributed by atoms with E-state index in [2.05, 4.69) is 12.2 Å². The predicted molar refractivity (Wildman–Crippen MR) is 110 cm³/mol. The highest BCUT2D eigenvalue weighted by Crippen LogP contribution is 2.33. The zero-order valence-corrected chi connectivity index (χ0v) is 17.9. The lowest BCUT2D eigenvalue weighted by atomic mass is 10.0. The minimum absolute atomic E-state index is 0.180. The molecule has 0 aromatic heterocycles. The van der Waals surface area contributed by atoms with Gasteiger partial charge in [0.1, 0.15) is 24.2 Å². The van der Waals surface area contributed by atoms with Crippen LogP contribution in [0.4, 0.5) is 0 Å². The Morgan fingerprint density at radius 2 is 1.85 bits per heavy atom. The van der Waals surface area contributed by atoms with Gasteiger partial charge in [0, 0.05) is 19.0 Å². The molecule has 0 aliphatic rings. The Balaban J connectivity index is 2.68. The molecule has 1 atom stereocenters. The average molecular weight is 380 g/mol. The fourth-order valence-corrected chi connectivity index (χ4v) is 2.81. The number of aryl methyl sites for hydroxylation is 1. The Morgan fingerprint density at radius 1 is 1.15 bits per heavy atom. The van der Waals surface area contributed by atoms with Crippen molar-refractivity contribution in [1.82, 2.24) is 5.32 Å². The van der Waals surface area contributed by atoms with Crippen LogP contribution in [0.5, 0.6) is 11.5 Å². The van der Waals surface area contributed by atoms with Gasteiger partial charge in [-0.25, -0.2) is 0 Å². The Hall–Kier alpha value is -1.59. The molecule has 0 aliphatic carbocycles. The van der Waals surface area contributed by atoms with Crippen molar-refractivity contribution in [2.75, 3.05) is 13.2 Å². The summed E-state index contributed by atoms with van der Waals surface area (Å²) in [5.41, 5.74) is 2.70. The van der Waals surface area contributed by atoms with Gasteiger partial charge in [0.15, 0.2) is 0 Å². The number of hydrogen-bond acceptors (Lipinski definition) is 5. The van der Waals surface area contributed by atoms with E-state index in [-0.39, 0.29) is 12.6 Å². The van der Waals surface area contributed by atoms with Gasteiger partial charge in [0.05, 0.1) is 0 Å². The SMILES string of the molecule is CCCCCCC(=O)Oc1c(C)cc(OC[C@@H](O)CNC(C)C)c(C)c1C. The van der Waals surface area contributed by atoms with E-state index >= 15 is 0 Å². The van der Waals surface area contributed by atoms with Gasteiger partial charge in [-0.2, -0.15) is 0 Å². The van der Waals surface area contributed by atoms with Crippen molar-refractivity contribution in [1.29, 1.82) is 0 Å². The van der Waals surface area contributed by atoms with E-state index < -0.39 is 6.10 Å². The fourth-order valence-electron chi connectivity index (χ4n) is 2.81. The molecule has 0 amide bonds. The van der Waals surface area contributed by atoms with Gasteiger partial charge in [-0.1, -0.05) is 40.0 Å². The molecule has 0 fully saturated rings. The predicted octanol–water partition coefficient (Wildman–Crippen LogP) is 4.23. The molecule has 0 saturated carbocycles. The molecule has 1 aromatic rings. The molecule has 0 spiro atoms. The van der Waals surface area contributed by atoms with E-state index in [0.717, 1.165) is 48.1 Å². The summed E-state index contributed by atoms with van der Waals surface area (Å²) in [6.07, 6.45) is 4.10. The van der Waals surface area contributed by atoms with Crippen molar-refractivity contribution in [3.8, 4) is 11.5 Å². The van der Waals surface area contributed by atoms with Crippen LogP contribution in [0.3, 0.4) is 0 Å². The van der Waals surface area contributed by atoms with Crippen molar-refractivity contribution in [2.45, 2.75) is 85.8 Å². The lowest BCUT2D eigenvalue weighted by Gasteiger charge is -2.19. The second-order valence-electron chi connectivity index (χ2n) is 7.58. The van der Waals surface area contributed by atoms with E-state index in [1.807, 2.05) is 40.7 Å². The summed E-state index contributed by atoms with van der Waals surface area (Å²) in [6, 6.07) is 2.20. The number of benzene rings is 1. The Bertz CT molecular complexity index is 598. The average Bonchev–Trinajstić information content (AvgIpc) is 2.62. The molecule has 154 valence electrons. The summed E-state index contributed by atoms with van der Waals surface area (Å²) in [5, 5.41) is 13.2. The molecule has 0 unspecified atom stereocenters. The smallest absolute Gasteiger partial charge is 0.311 e. The number of ether oxygens (including phenoxy) is 2. The molecule has 0 radical (unpaired) electrons. The second-order valence-corrected chi connectivity index (χ2v) is 7.58. The van der Waals surface area contributed by atoms with Gasteiger partial charge in [0.2, 0.25) is 0 Å². The van der Waals surface area contributed by atoms with Gasteiger partial charge < -0.3 is 19.9 Å². The van der Waals surface area contributed by atoms with E-state index in [1.165, 1.54) is 0 Å². The van der Waals surface area contributed by atoms with Gasteiger partial charge >= 0.3 is 5.97 Å². The Kier molecular flexibility index (Phi) is 10.4. The van der Waals surface area contributed by atoms with Crippen LogP contribution in [0.15, 0.2) is 6.07 Å². The number of aliphatic hydroxyl groups excluding tert-OH is 1. The number of rotatable bonds is 12. The lowest BCUT2D eigenvalue weighted by molar-refractivity contribution is -0.134. The standard InChI is InChI=1S/C22H37NO4/c1-7-8-9-10-11-21(25)27-22-16(4)12-20(17(5)18(22)6)26-14-19(24)13-23-15(2)3/h12,15,19,23-24H,7-11,13-14H2,1-6H3/t19-/m0/s1. The minimum Gasteiger partial charge on any atom is -0.491 e. The molecule has 5 nitrogen and oxygen atoms in total. The first-order chi connectivity index (χ1) is 12.8. The van der Waals surface area contributed by atoms with Crippen LogP contribution in [0, 0.1) is 20.8 Å². The van der Waals surface area contributed by atoms with Crippen LogP contribution in [0.25, 0.3) is 0 Å². The zero-order chi connectivity index (χ0) is 20.4. The highest BCUT2D eigenvalue weighted by molar-refractivity contribution is 5.73. The maximum absolute atomic E-state index is 12.1. The van der Waals surface area contributed by atoms with Crippen LogP contribution in [-0.4, -0.2) is 36.4 Å². The molecule has 1 rings (SSSR count). The topological polar surface area (TPSA) is 67.8 Å². The van der Waals surface area contributed by atoms with Crippen LogP contribution in [0.2, 0.25) is 0 Å². The number of aliphatic hydroxyl groups is 1. The molecule has 0 aliphatic heterocycles. The van der Waals surface area contributed by atoms with Crippen LogP contribution in [-0.2, 0) is 4.79 Å². The molecule has 0 saturated heterocycles. The Labute approximate surface area is 164 Å². The lowest BCUT2D eigenvalue weighted by Crippen LogP contribution is -2.35. The second kappa shape index (κ2) is 12.0. The van der Waals surface area contributed by atoms with Crippen molar-refractivity contribution < 1.29 is 19.4 Å². The summed E-state index contributed by atoms with van der Waals surface area (Å²) in [6.45, 7) is 12.7. The van der Waals surface area contributed by atoms with Crippen molar-refractivity contribution in [3.63, 3.8) is 0 Å². The third-order valence-corrected chi connectivity index (χ3v) is 4.62. The fraction of sp³-hybridized carbons (Fsp3) is 0.682. The maximum atomic E-state index is 12.1. The van der Waals surface area contributed by atoms with E-state index in [4.69, 9.17) is 9.47 Å². The molecule has 27 heavy (non-hydrogen) atoms. The van der Waals surface area contributed by atoms with Crippen LogP contribution in [0.1, 0.15) is 69.6 Å². The molecule has 5 heteroatoms. The third kappa shape index (κ3) is 8.31. The van der Waals surface area contributed by atoms with Crippen LogP contribution >= 0.6 is 0 Å². The number of unbranched alkanes of at least 4 members (excludes halogenated alkanes) is 3. The molecule has 0 bridgehead atoms. The maximum Gasteiger partial charge on any atom is 0.311 e. The zero-order valence-electron chi connectivity index (χ0n) is 17.9. The summed E-state index contributed by atoms with van der Waals surface area (Å²) in [7, 11) is 0. The highest BCUT2D eigenvalue weighted by atomic mass is 16.5. The van der Waals surface area contributed by atoms with Gasteiger partial charge in [0.25, 0.3) is 0 Å². The molecule has 0 heterocycles. The summed E-state index contributed by atoms with van der Waals surface area (Å²) < 4.78 is 11.4. The molecule has 1 aromatic carbocycles. The first-order valence-corrected chi connectivity index (χ1v) is 10.1. The first-order valence-electron chi connectivity index (χ1n) is 10.1. The molecular formula is C22H37NO4. The third-order valence-electron chi connectivity index (χ3n) is 4.62. The first kappa shape index (κ1) is 23.4. The summed E-state index contributed by atoms with van der Waals surface area (Å²) in [5.74, 6) is 1.17. The number of nitrogens with one attached hydrogen (secondary N) is 1. The monoisotopic (exact) mass is 379 g/mol. The minimum atomic E-state index is -0.576. The number of esters is 1. The van der Waals surface area contributed by atoms with Crippen molar-refractivity contribution >= 4 is 5.97 Å². The summed E-state index contributed by atoms with van der Waals surface area (Å²) in [4.78, 5) is 12.1. The number of carbonyl (C=O) groups is 1. The van der Waals surface area contributed by atoms with Gasteiger partial charge in [-0.3, -0.25) is 4.79 Å². The molecule has 2 N–H and O–H groups in total. The van der Waals surface area contributed by atoms with E-state index in [9.17, 15) is 9.90 Å². The number of hydrogen-bond donors (Lipinski definition) is 2. The van der Waals surface area contributed by atoms with E-state index in [0.29, 0.717) is 24.8 Å². The normalized spacial score (nSPS) is 12.3. The van der Waals surface area contributed by atoms with Crippen LogP contribution < -0.4 is 14.8 Å².